The summed E-state index contributed by atoms with van der Waals surface area (Å²) in [4.78, 5) is 18.5. The van der Waals surface area contributed by atoms with E-state index in [1.54, 1.807) is 0 Å². The number of ether oxygens (including phenoxy) is 1. The zero-order valence-corrected chi connectivity index (χ0v) is 16.5. The SMILES string of the molecule is O=C1Oc2ccccc2N(Cc2ccccc2)C1c1c[nH]c2ccc(Br)cc12. The molecule has 0 amide bonds. The van der Waals surface area contributed by atoms with Crippen molar-refractivity contribution in [3.05, 3.63) is 94.6 Å². The number of rotatable bonds is 3. The van der Waals surface area contributed by atoms with Crippen LogP contribution in [0.25, 0.3) is 10.9 Å². The van der Waals surface area contributed by atoms with Crippen molar-refractivity contribution in [3.63, 3.8) is 0 Å². The van der Waals surface area contributed by atoms with E-state index in [2.05, 4.69) is 37.9 Å². The van der Waals surface area contributed by atoms with Crippen LogP contribution in [0.1, 0.15) is 17.2 Å². The molecule has 0 bridgehead atoms. The third-order valence-corrected chi connectivity index (χ3v) is 5.58. The third-order valence-electron chi connectivity index (χ3n) is 5.09. The Balaban J connectivity index is 1.67. The molecule has 0 fully saturated rings. The van der Waals surface area contributed by atoms with Gasteiger partial charge in [0.1, 0.15) is 0 Å². The molecule has 0 saturated heterocycles. The Morgan fingerprint density at radius 3 is 2.64 bits per heavy atom. The van der Waals surface area contributed by atoms with E-state index in [-0.39, 0.29) is 5.97 Å². The fraction of sp³-hybridized carbons (Fsp3) is 0.0870. The Hall–Kier alpha value is -3.05. The Labute approximate surface area is 170 Å². The summed E-state index contributed by atoms with van der Waals surface area (Å²) in [6.45, 7) is 0.609. The van der Waals surface area contributed by atoms with Crippen LogP contribution in [0.2, 0.25) is 0 Å². The molecular formula is C23H17BrN2O2. The number of aromatic amines is 1. The number of nitrogens with one attached hydrogen (secondary N) is 1. The summed E-state index contributed by atoms with van der Waals surface area (Å²) in [5, 5.41) is 1.01. The number of hydrogen-bond donors (Lipinski definition) is 1. The number of carbonyl (C=O) groups is 1. The number of aromatic nitrogens is 1. The fourth-order valence-corrected chi connectivity index (χ4v) is 4.16. The van der Waals surface area contributed by atoms with Crippen molar-refractivity contribution < 1.29 is 9.53 Å². The topological polar surface area (TPSA) is 45.3 Å². The fourth-order valence-electron chi connectivity index (χ4n) is 3.80. The zero-order chi connectivity index (χ0) is 19.1. The quantitative estimate of drug-likeness (QED) is 0.338. The first-order valence-electron chi connectivity index (χ1n) is 9.08. The number of anilines is 1. The first kappa shape index (κ1) is 17.1. The number of carbonyl (C=O) groups excluding carboxylic acids is 1. The maximum atomic E-state index is 13.1. The summed E-state index contributed by atoms with van der Waals surface area (Å²) in [6.07, 6.45) is 1.91. The summed E-state index contributed by atoms with van der Waals surface area (Å²) in [5.74, 6) is 0.330. The smallest absolute Gasteiger partial charge is 0.339 e. The normalized spacial score (nSPS) is 16.1. The van der Waals surface area contributed by atoms with Gasteiger partial charge in [0.25, 0.3) is 0 Å². The lowest BCUT2D eigenvalue weighted by atomic mass is 10.0. The van der Waals surface area contributed by atoms with Crippen molar-refractivity contribution in [2.45, 2.75) is 12.6 Å². The Bertz CT molecular complexity index is 1170. The van der Waals surface area contributed by atoms with Gasteiger partial charge in [0.05, 0.1) is 5.69 Å². The van der Waals surface area contributed by atoms with Gasteiger partial charge in [-0.05, 0) is 35.9 Å². The summed E-state index contributed by atoms with van der Waals surface area (Å²) < 4.78 is 6.68. The first-order chi connectivity index (χ1) is 13.7. The zero-order valence-electron chi connectivity index (χ0n) is 14.9. The lowest BCUT2D eigenvalue weighted by molar-refractivity contribution is -0.136. The van der Waals surface area contributed by atoms with Crippen molar-refractivity contribution in [3.8, 4) is 5.75 Å². The molecule has 4 aromatic rings. The highest BCUT2D eigenvalue weighted by Crippen LogP contribution is 2.42. The van der Waals surface area contributed by atoms with E-state index in [0.29, 0.717) is 12.3 Å². The first-order valence-corrected chi connectivity index (χ1v) is 9.88. The Morgan fingerprint density at radius 2 is 1.79 bits per heavy atom. The number of esters is 1. The molecule has 0 spiro atoms. The minimum absolute atomic E-state index is 0.268. The van der Waals surface area contributed by atoms with Gasteiger partial charge < -0.3 is 14.6 Å². The number of hydrogen-bond acceptors (Lipinski definition) is 3. The highest BCUT2D eigenvalue weighted by Gasteiger charge is 2.37. The van der Waals surface area contributed by atoms with Crippen molar-refractivity contribution >= 4 is 38.5 Å². The molecule has 1 aliphatic rings. The number of para-hydroxylation sites is 2. The monoisotopic (exact) mass is 432 g/mol. The summed E-state index contributed by atoms with van der Waals surface area (Å²) in [6, 6.07) is 23.4. The molecule has 1 unspecified atom stereocenters. The molecule has 0 radical (unpaired) electrons. The molecule has 4 nitrogen and oxygen atoms in total. The second kappa shape index (κ2) is 6.84. The second-order valence-corrected chi connectivity index (χ2v) is 7.75. The average Bonchev–Trinajstić information content (AvgIpc) is 3.11. The average molecular weight is 433 g/mol. The molecule has 5 rings (SSSR count). The Morgan fingerprint density at radius 1 is 1.00 bits per heavy atom. The number of H-pyrrole nitrogens is 1. The van der Waals surface area contributed by atoms with Crippen molar-refractivity contribution in [2.75, 3.05) is 4.90 Å². The van der Waals surface area contributed by atoms with E-state index in [4.69, 9.17) is 4.74 Å². The van der Waals surface area contributed by atoms with Crippen LogP contribution in [0, 0.1) is 0 Å². The molecular weight excluding hydrogens is 416 g/mol. The third kappa shape index (κ3) is 2.88. The van der Waals surface area contributed by atoms with Crippen LogP contribution in [-0.4, -0.2) is 11.0 Å². The van der Waals surface area contributed by atoms with Crippen LogP contribution in [0.15, 0.2) is 83.5 Å². The number of nitrogens with zero attached hydrogens (tertiary/aromatic N) is 1. The lowest BCUT2D eigenvalue weighted by Gasteiger charge is -2.37. The number of fused-ring (bicyclic) bond motifs is 2. The highest BCUT2D eigenvalue weighted by molar-refractivity contribution is 9.10. The van der Waals surface area contributed by atoms with Crippen molar-refractivity contribution in [1.29, 1.82) is 0 Å². The molecule has 3 aromatic carbocycles. The molecule has 1 aliphatic heterocycles. The van der Waals surface area contributed by atoms with Crippen LogP contribution in [0.5, 0.6) is 5.75 Å². The van der Waals surface area contributed by atoms with Crippen LogP contribution in [0.4, 0.5) is 5.69 Å². The highest BCUT2D eigenvalue weighted by atomic mass is 79.9. The predicted octanol–water partition coefficient (Wildman–Crippen LogP) is 5.60. The van der Waals surface area contributed by atoms with Gasteiger partial charge in [0.2, 0.25) is 0 Å². The van der Waals surface area contributed by atoms with Crippen LogP contribution >= 0.6 is 15.9 Å². The van der Waals surface area contributed by atoms with Gasteiger partial charge >= 0.3 is 5.97 Å². The van der Waals surface area contributed by atoms with E-state index in [1.807, 2.05) is 66.9 Å². The van der Waals surface area contributed by atoms with Gasteiger partial charge in [-0.1, -0.05) is 58.4 Å². The molecule has 28 heavy (non-hydrogen) atoms. The van der Waals surface area contributed by atoms with Gasteiger partial charge in [0, 0.05) is 33.7 Å². The van der Waals surface area contributed by atoms with Crippen molar-refractivity contribution in [1.82, 2.24) is 4.98 Å². The number of halogens is 1. The van der Waals surface area contributed by atoms with Crippen LogP contribution in [-0.2, 0) is 11.3 Å². The molecule has 0 aliphatic carbocycles. The van der Waals surface area contributed by atoms with Gasteiger partial charge in [-0.3, -0.25) is 0 Å². The maximum absolute atomic E-state index is 13.1. The predicted molar refractivity (Wildman–Crippen MR) is 113 cm³/mol. The second-order valence-electron chi connectivity index (χ2n) is 6.84. The summed E-state index contributed by atoms with van der Waals surface area (Å²) >= 11 is 3.54. The molecule has 0 saturated carbocycles. The number of benzene rings is 3. The Kier molecular flexibility index (Phi) is 4.17. The summed E-state index contributed by atoms with van der Waals surface area (Å²) in [5.41, 5.74) is 3.95. The lowest BCUT2D eigenvalue weighted by Crippen LogP contribution is -2.40. The molecule has 1 aromatic heterocycles. The van der Waals surface area contributed by atoms with Gasteiger partial charge in [-0.15, -0.1) is 0 Å². The molecule has 1 atom stereocenters. The minimum Gasteiger partial charge on any atom is -0.423 e. The van der Waals surface area contributed by atoms with Crippen LogP contribution in [0.3, 0.4) is 0 Å². The van der Waals surface area contributed by atoms with Gasteiger partial charge in [0.15, 0.2) is 11.8 Å². The minimum atomic E-state index is -0.529. The summed E-state index contributed by atoms with van der Waals surface area (Å²) in [7, 11) is 0. The molecule has 5 heteroatoms. The molecule has 138 valence electrons. The van der Waals surface area contributed by atoms with E-state index in [1.165, 1.54) is 0 Å². The van der Waals surface area contributed by atoms with E-state index < -0.39 is 6.04 Å². The van der Waals surface area contributed by atoms with Crippen LogP contribution < -0.4 is 9.64 Å². The standard InChI is InChI=1S/C23H17BrN2O2/c24-16-10-11-19-17(12-16)18(13-25-19)22-23(27)28-21-9-5-4-8-20(21)26(22)14-15-6-2-1-3-7-15/h1-13,22,25H,14H2. The van der Waals surface area contributed by atoms with Gasteiger partial charge in [-0.2, -0.15) is 0 Å². The van der Waals surface area contributed by atoms with E-state index in [0.717, 1.165) is 32.2 Å². The maximum Gasteiger partial charge on any atom is 0.339 e. The van der Waals surface area contributed by atoms with E-state index >= 15 is 0 Å². The molecule has 1 N–H and O–H groups in total. The largest absolute Gasteiger partial charge is 0.423 e. The van der Waals surface area contributed by atoms with Gasteiger partial charge in [-0.25, -0.2) is 4.79 Å². The molecule has 2 heterocycles. The van der Waals surface area contributed by atoms with E-state index in [9.17, 15) is 4.79 Å². The van der Waals surface area contributed by atoms with Crippen molar-refractivity contribution in [2.24, 2.45) is 0 Å².